The Bertz CT molecular complexity index is 643. The Labute approximate surface area is 124 Å². The molecule has 0 bridgehead atoms. The fourth-order valence-corrected chi connectivity index (χ4v) is 4.07. The van der Waals surface area contributed by atoms with E-state index in [1.807, 2.05) is 0 Å². The van der Waals surface area contributed by atoms with E-state index >= 15 is 0 Å². The molecule has 114 valence electrons. The summed E-state index contributed by atoms with van der Waals surface area (Å²) in [4.78, 5) is 17.9. The predicted molar refractivity (Wildman–Crippen MR) is 82.1 cm³/mol. The van der Waals surface area contributed by atoms with E-state index in [1.165, 1.54) is 11.1 Å². The molecule has 1 N–H and O–H groups in total. The first-order chi connectivity index (χ1) is 9.93. The zero-order valence-electron chi connectivity index (χ0n) is 11.9. The summed E-state index contributed by atoms with van der Waals surface area (Å²) in [6, 6.07) is 1.45. The summed E-state index contributed by atoms with van der Waals surface area (Å²) in [7, 11) is -1.37. The van der Waals surface area contributed by atoms with Crippen LogP contribution in [0.4, 0.5) is 5.69 Å². The maximum absolute atomic E-state index is 12.4. The third-order valence-electron chi connectivity index (χ3n) is 3.51. The highest BCUT2D eigenvalue weighted by molar-refractivity contribution is 7.91. The lowest BCUT2D eigenvalue weighted by molar-refractivity contribution is 0.0747. The van der Waals surface area contributed by atoms with Gasteiger partial charge in [0.05, 0.1) is 22.8 Å². The van der Waals surface area contributed by atoms with Crippen LogP contribution in [0.25, 0.3) is 0 Å². The van der Waals surface area contributed by atoms with Crippen molar-refractivity contribution in [2.45, 2.75) is 12.5 Å². The first-order valence-electron chi connectivity index (χ1n) is 6.70. The smallest absolute Gasteiger partial charge is 0.255 e. The van der Waals surface area contributed by atoms with E-state index in [-0.39, 0.29) is 23.5 Å². The van der Waals surface area contributed by atoms with E-state index in [1.54, 1.807) is 25.4 Å². The highest BCUT2D eigenvalue weighted by Gasteiger charge is 2.33. The molecule has 6 nitrogen and oxygen atoms in total. The van der Waals surface area contributed by atoms with Crippen molar-refractivity contribution in [3.63, 3.8) is 0 Å². The van der Waals surface area contributed by atoms with Gasteiger partial charge in [-0.25, -0.2) is 8.42 Å². The average Bonchev–Trinajstić information content (AvgIpc) is 2.84. The highest BCUT2D eigenvalue weighted by atomic mass is 32.2. The molecule has 1 fully saturated rings. The Kier molecular flexibility index (Phi) is 4.62. The largest absolute Gasteiger partial charge is 0.380 e. The fourth-order valence-electron chi connectivity index (χ4n) is 2.29. The number of amides is 1. The Balaban J connectivity index is 2.10. The van der Waals surface area contributed by atoms with Crippen molar-refractivity contribution in [3.05, 3.63) is 36.7 Å². The lowest BCUT2D eigenvalue weighted by Gasteiger charge is -2.23. The minimum atomic E-state index is -3.01. The Morgan fingerprint density at radius 3 is 2.95 bits per heavy atom. The van der Waals surface area contributed by atoms with Crippen molar-refractivity contribution in [1.82, 2.24) is 9.88 Å². The summed E-state index contributed by atoms with van der Waals surface area (Å²) in [5.41, 5.74) is 1.17. The molecular formula is C14H19N3O3S. The Morgan fingerprint density at radius 1 is 1.57 bits per heavy atom. The molecule has 0 aromatic carbocycles. The molecule has 0 spiro atoms. The minimum absolute atomic E-state index is 0.0388. The normalized spacial score (nSPS) is 20.0. The van der Waals surface area contributed by atoms with Crippen LogP contribution in [0.1, 0.15) is 16.8 Å². The SMILES string of the molecule is C=CCNc1cncc(C(=O)N(C)C2CCS(=O)(=O)C2)c1. The second-order valence-electron chi connectivity index (χ2n) is 5.10. The zero-order valence-corrected chi connectivity index (χ0v) is 12.8. The maximum Gasteiger partial charge on any atom is 0.255 e. The Hall–Kier alpha value is -1.89. The molecule has 0 radical (unpaired) electrons. The third kappa shape index (κ3) is 3.81. The van der Waals surface area contributed by atoms with Crippen LogP contribution < -0.4 is 5.32 Å². The standard InChI is InChI=1S/C14H19N3O3S/c1-3-5-16-12-7-11(8-15-9-12)14(18)17(2)13-4-6-21(19,20)10-13/h3,7-9,13,16H,1,4-6,10H2,2H3. The molecule has 7 heteroatoms. The summed E-state index contributed by atoms with van der Waals surface area (Å²) in [5.74, 6) is -0.0298. The molecule has 0 aliphatic carbocycles. The fraction of sp³-hybridized carbons (Fsp3) is 0.429. The van der Waals surface area contributed by atoms with E-state index in [0.717, 1.165) is 5.69 Å². The van der Waals surface area contributed by atoms with Gasteiger partial charge >= 0.3 is 0 Å². The van der Waals surface area contributed by atoms with Gasteiger partial charge in [-0.2, -0.15) is 0 Å². The number of hydrogen-bond acceptors (Lipinski definition) is 5. The molecule has 1 aliphatic rings. The first-order valence-corrected chi connectivity index (χ1v) is 8.52. The number of sulfone groups is 1. The first kappa shape index (κ1) is 15.5. The van der Waals surface area contributed by atoms with Crippen molar-refractivity contribution in [2.24, 2.45) is 0 Å². The molecule has 1 saturated heterocycles. The topological polar surface area (TPSA) is 79.4 Å². The number of nitrogens with one attached hydrogen (secondary N) is 1. The molecule has 21 heavy (non-hydrogen) atoms. The van der Waals surface area contributed by atoms with Gasteiger partial charge in [0.25, 0.3) is 5.91 Å². The van der Waals surface area contributed by atoms with Crippen LogP contribution in [-0.4, -0.2) is 55.3 Å². The van der Waals surface area contributed by atoms with Crippen LogP contribution >= 0.6 is 0 Å². The van der Waals surface area contributed by atoms with Crippen LogP contribution in [0.2, 0.25) is 0 Å². The summed E-state index contributed by atoms with van der Waals surface area (Å²) in [5, 5.41) is 3.06. The number of carbonyl (C=O) groups is 1. The molecule has 1 unspecified atom stereocenters. The quantitative estimate of drug-likeness (QED) is 0.819. The molecule has 2 heterocycles. The third-order valence-corrected chi connectivity index (χ3v) is 5.26. The average molecular weight is 309 g/mol. The molecule has 0 saturated carbocycles. The number of nitrogens with zero attached hydrogens (tertiary/aromatic N) is 2. The number of carbonyl (C=O) groups excluding carboxylic acids is 1. The molecule has 2 rings (SSSR count). The van der Waals surface area contributed by atoms with Crippen molar-refractivity contribution in [2.75, 3.05) is 30.4 Å². The monoisotopic (exact) mass is 309 g/mol. The number of aromatic nitrogens is 1. The van der Waals surface area contributed by atoms with Gasteiger partial charge in [0.1, 0.15) is 0 Å². The molecule has 1 amide bonds. The van der Waals surface area contributed by atoms with Crippen LogP contribution in [0.5, 0.6) is 0 Å². The van der Waals surface area contributed by atoms with Gasteiger partial charge in [0.2, 0.25) is 0 Å². The van der Waals surface area contributed by atoms with Gasteiger partial charge < -0.3 is 10.2 Å². The van der Waals surface area contributed by atoms with Crippen LogP contribution in [0.15, 0.2) is 31.1 Å². The molecule has 1 aromatic rings. The predicted octanol–water partition coefficient (Wildman–Crippen LogP) is 0.939. The molecular weight excluding hydrogens is 290 g/mol. The highest BCUT2D eigenvalue weighted by Crippen LogP contribution is 2.19. The van der Waals surface area contributed by atoms with Crippen molar-refractivity contribution < 1.29 is 13.2 Å². The van der Waals surface area contributed by atoms with Crippen molar-refractivity contribution in [1.29, 1.82) is 0 Å². The van der Waals surface area contributed by atoms with E-state index in [9.17, 15) is 13.2 Å². The van der Waals surface area contributed by atoms with E-state index in [0.29, 0.717) is 18.5 Å². The second kappa shape index (κ2) is 6.26. The van der Waals surface area contributed by atoms with E-state index < -0.39 is 9.84 Å². The van der Waals surface area contributed by atoms with Crippen LogP contribution in [-0.2, 0) is 9.84 Å². The van der Waals surface area contributed by atoms with E-state index in [4.69, 9.17) is 0 Å². The molecule has 1 aliphatic heterocycles. The van der Waals surface area contributed by atoms with Gasteiger partial charge in [0.15, 0.2) is 9.84 Å². The van der Waals surface area contributed by atoms with Crippen molar-refractivity contribution >= 4 is 21.4 Å². The van der Waals surface area contributed by atoms with Crippen molar-refractivity contribution in [3.8, 4) is 0 Å². The number of pyridine rings is 1. The number of rotatable bonds is 5. The number of hydrogen-bond donors (Lipinski definition) is 1. The van der Waals surface area contributed by atoms with Gasteiger partial charge in [-0.15, -0.1) is 6.58 Å². The zero-order chi connectivity index (χ0) is 15.5. The molecule has 1 atom stereocenters. The minimum Gasteiger partial charge on any atom is -0.380 e. The van der Waals surface area contributed by atoms with Gasteiger partial charge in [-0.05, 0) is 12.5 Å². The molecule has 1 aromatic heterocycles. The lowest BCUT2D eigenvalue weighted by Crippen LogP contribution is -2.37. The second-order valence-corrected chi connectivity index (χ2v) is 7.33. The van der Waals surface area contributed by atoms with Gasteiger partial charge in [-0.3, -0.25) is 9.78 Å². The van der Waals surface area contributed by atoms with E-state index in [2.05, 4.69) is 16.9 Å². The lowest BCUT2D eigenvalue weighted by atomic mass is 10.2. The summed E-state index contributed by atoms with van der Waals surface area (Å²) < 4.78 is 23.0. The van der Waals surface area contributed by atoms with Crippen LogP contribution in [0.3, 0.4) is 0 Å². The number of anilines is 1. The van der Waals surface area contributed by atoms with Crippen LogP contribution in [0, 0.1) is 0 Å². The summed E-state index contributed by atoms with van der Waals surface area (Å²) >= 11 is 0. The maximum atomic E-state index is 12.4. The van der Waals surface area contributed by atoms with Gasteiger partial charge in [0, 0.05) is 32.0 Å². The summed E-state index contributed by atoms with van der Waals surface area (Å²) in [6.07, 6.45) is 5.32. The van der Waals surface area contributed by atoms with Gasteiger partial charge in [-0.1, -0.05) is 6.08 Å². The summed E-state index contributed by atoms with van der Waals surface area (Å²) in [6.45, 7) is 4.19. The Morgan fingerprint density at radius 2 is 2.33 bits per heavy atom.